The van der Waals surface area contributed by atoms with Gasteiger partial charge in [-0.25, -0.2) is 9.36 Å². The largest absolute Gasteiger partial charge is 2.00 e. The number of hydrogen-bond donors (Lipinski definition) is 5. The minimum atomic E-state index is -4.64. The summed E-state index contributed by atoms with van der Waals surface area (Å²) < 4.78 is 8.88. The van der Waals surface area contributed by atoms with Crippen molar-refractivity contribution < 1.29 is 40.0 Å². The molecule has 0 spiro atoms. The molecule has 0 aromatic carbocycles. The molecule has 64 valence electrons. The Morgan fingerprint density at radius 2 is 1.09 bits per heavy atom. The molecule has 0 radical (unpaired) electrons. The monoisotopic (exact) mass is 244 g/mol. The van der Waals surface area contributed by atoms with Gasteiger partial charge in [0.15, 0.2) is 0 Å². The van der Waals surface area contributed by atoms with Crippen molar-refractivity contribution in [2.75, 3.05) is 0 Å². The van der Waals surface area contributed by atoms with Gasteiger partial charge in [0.1, 0.15) is 0 Å². The maximum absolute atomic E-state index is 8.88. The summed E-state index contributed by atoms with van der Waals surface area (Å²) in [7, 11) is -4.64. The minimum absolute atomic E-state index is 0. The molecule has 0 saturated heterocycles. The number of carboxylic acid groups (broad SMARTS) is 2. The molecule has 10 heteroatoms. The molecule has 0 aliphatic rings. The topological polar surface area (TPSA) is 135 Å². The molecule has 0 amide bonds. The smallest absolute Gasteiger partial charge is 1.00 e. The Bertz CT molecular complexity index is 129. The molecule has 0 bridgehead atoms. The fourth-order valence-electron chi connectivity index (χ4n) is 0. The van der Waals surface area contributed by atoms with E-state index in [0.717, 1.165) is 0 Å². The van der Waals surface area contributed by atoms with Crippen LogP contribution in [0.25, 0.3) is 0 Å². The predicted octanol–water partition coefficient (Wildman–Crippen LogP) is -1.02. The number of carbonyl (C=O) groups is 1. The molecule has 0 atom stereocenters. The summed E-state index contributed by atoms with van der Waals surface area (Å²) in [4.78, 5) is 30.1. The van der Waals surface area contributed by atoms with Crippen LogP contribution in [0.15, 0.2) is 0 Å². The van der Waals surface area contributed by atoms with E-state index >= 15 is 0 Å². The van der Waals surface area contributed by atoms with Crippen LogP contribution in [0.1, 0.15) is 5.71 Å². The fourth-order valence-corrected chi connectivity index (χ4v) is 0. The van der Waals surface area contributed by atoms with E-state index in [9.17, 15) is 0 Å². The minimum Gasteiger partial charge on any atom is -1.00 e. The summed E-state index contributed by atoms with van der Waals surface area (Å²) in [6, 6.07) is 0. The Kier molecular flexibility index (Phi) is 24.9. The number of hydrogen-bond acceptors (Lipinski definition) is 2. The first-order valence-electron chi connectivity index (χ1n) is 1.43. The van der Waals surface area contributed by atoms with E-state index in [2.05, 4.69) is 0 Å². The Morgan fingerprint density at radius 1 is 1.09 bits per heavy atom. The summed E-state index contributed by atoms with van der Waals surface area (Å²) in [6.45, 7) is 0. The van der Waals surface area contributed by atoms with Crippen LogP contribution in [0.4, 0.5) is 4.79 Å². The van der Waals surface area contributed by atoms with E-state index in [-0.39, 0.29) is 81.2 Å². The van der Waals surface area contributed by atoms with E-state index in [1.807, 2.05) is 0 Å². The van der Waals surface area contributed by atoms with Crippen molar-refractivity contribution in [2.24, 2.45) is 0 Å². The SMILES string of the molecule is O=C(O)O.O=P(O)(O)O.[Ca+2].[Ca+2].[H-].[H-].[H-].[H-]. The van der Waals surface area contributed by atoms with Crippen LogP contribution in [0.5, 0.6) is 0 Å². The van der Waals surface area contributed by atoms with E-state index in [0.29, 0.717) is 0 Å². The Hall–Kier alpha value is 1.90. The molecule has 5 N–H and O–H groups in total. The average molecular weight is 244 g/mol. The van der Waals surface area contributed by atoms with Crippen molar-refractivity contribution in [3.63, 3.8) is 0 Å². The van der Waals surface area contributed by atoms with Crippen molar-refractivity contribution in [3.05, 3.63) is 0 Å². The van der Waals surface area contributed by atoms with Crippen LogP contribution in [-0.4, -0.2) is 107 Å². The van der Waals surface area contributed by atoms with Crippen molar-refractivity contribution in [2.45, 2.75) is 0 Å². The van der Waals surface area contributed by atoms with Crippen molar-refractivity contribution >= 4 is 89.5 Å². The van der Waals surface area contributed by atoms with Gasteiger partial charge in [-0.05, 0) is 0 Å². The van der Waals surface area contributed by atoms with Crippen LogP contribution in [0.2, 0.25) is 0 Å². The van der Waals surface area contributed by atoms with Gasteiger partial charge in [0, 0.05) is 0 Å². The zero-order valence-corrected chi connectivity index (χ0v) is 10.7. The van der Waals surface area contributed by atoms with Crippen LogP contribution >= 0.6 is 7.82 Å². The Labute approximate surface area is 128 Å². The van der Waals surface area contributed by atoms with Crippen LogP contribution in [0, 0.1) is 0 Å². The second kappa shape index (κ2) is 11.9. The normalized spacial score (nSPS) is 7.55. The summed E-state index contributed by atoms with van der Waals surface area (Å²) in [5, 5.41) is 13.9. The van der Waals surface area contributed by atoms with Gasteiger partial charge in [0.05, 0.1) is 0 Å². The van der Waals surface area contributed by atoms with E-state index in [1.54, 1.807) is 0 Å². The van der Waals surface area contributed by atoms with Crippen LogP contribution in [-0.2, 0) is 4.57 Å². The molecule has 0 aliphatic heterocycles. The van der Waals surface area contributed by atoms with E-state index in [4.69, 9.17) is 34.3 Å². The molecule has 0 unspecified atom stereocenters. The maximum Gasteiger partial charge on any atom is 2.00 e. The van der Waals surface area contributed by atoms with E-state index in [1.165, 1.54) is 0 Å². The summed E-state index contributed by atoms with van der Waals surface area (Å²) in [5.74, 6) is 0. The zero-order valence-electron chi connectivity index (χ0n) is 9.41. The second-order valence-electron chi connectivity index (χ2n) is 0.796. The summed E-state index contributed by atoms with van der Waals surface area (Å²) >= 11 is 0. The number of rotatable bonds is 0. The van der Waals surface area contributed by atoms with Crippen LogP contribution in [0.3, 0.4) is 0 Å². The third kappa shape index (κ3) is 323. The van der Waals surface area contributed by atoms with Gasteiger partial charge < -0.3 is 30.6 Å². The molecular formula is CH9Ca2O7P. The van der Waals surface area contributed by atoms with Gasteiger partial charge in [0.25, 0.3) is 0 Å². The first kappa shape index (κ1) is 23.1. The predicted molar refractivity (Wildman–Crippen MR) is 40.9 cm³/mol. The first-order valence-corrected chi connectivity index (χ1v) is 3.00. The molecule has 0 heterocycles. The van der Waals surface area contributed by atoms with Gasteiger partial charge in [-0.3, -0.25) is 0 Å². The molecule has 0 aliphatic carbocycles. The van der Waals surface area contributed by atoms with Gasteiger partial charge in [0.2, 0.25) is 0 Å². The molecule has 11 heavy (non-hydrogen) atoms. The third-order valence-electron chi connectivity index (χ3n) is 0. The van der Waals surface area contributed by atoms with Crippen LogP contribution < -0.4 is 0 Å². The molecule has 0 rings (SSSR count). The zero-order chi connectivity index (χ0) is 8.08. The average Bonchev–Trinajstić information content (AvgIpc) is 1.19. The maximum atomic E-state index is 8.88. The third-order valence-corrected chi connectivity index (χ3v) is 0. The van der Waals surface area contributed by atoms with Gasteiger partial charge in [-0.15, -0.1) is 0 Å². The van der Waals surface area contributed by atoms with Gasteiger partial charge in [-0.2, -0.15) is 0 Å². The Morgan fingerprint density at radius 3 is 1.09 bits per heavy atom. The van der Waals surface area contributed by atoms with Crippen molar-refractivity contribution in [3.8, 4) is 0 Å². The van der Waals surface area contributed by atoms with Gasteiger partial charge >= 0.3 is 89.5 Å². The summed E-state index contributed by atoms with van der Waals surface area (Å²) in [6.07, 6.45) is -1.83. The van der Waals surface area contributed by atoms with E-state index < -0.39 is 14.0 Å². The number of phosphoric acid groups is 1. The molecular weight excluding hydrogens is 235 g/mol. The fraction of sp³-hybridized carbons (Fsp3) is 0. The van der Waals surface area contributed by atoms with Crippen molar-refractivity contribution in [1.29, 1.82) is 0 Å². The molecule has 7 nitrogen and oxygen atoms in total. The molecule has 0 aromatic heterocycles. The molecule has 0 saturated carbocycles. The Balaban J connectivity index is -0.00000000785. The quantitative estimate of drug-likeness (QED) is 0.272. The van der Waals surface area contributed by atoms with Crippen molar-refractivity contribution in [1.82, 2.24) is 0 Å². The second-order valence-corrected chi connectivity index (χ2v) is 1.82. The molecule has 0 fully saturated rings. The first-order chi connectivity index (χ1) is 3.73. The van der Waals surface area contributed by atoms with Gasteiger partial charge in [-0.1, -0.05) is 0 Å². The summed E-state index contributed by atoms with van der Waals surface area (Å²) in [5.41, 5.74) is 0. The molecule has 0 aromatic rings. The standard InChI is InChI=1S/CH2O3.2Ca.H3O4P.4H/c2-1(3)4;;;1-5(2,3)4;;;;/h(H2,2,3,4);;;(H3,1,2,3,4);;;;/q;2*+2;;4*-1.